The van der Waals surface area contributed by atoms with Gasteiger partial charge in [-0.2, -0.15) is 0 Å². The van der Waals surface area contributed by atoms with E-state index in [1.807, 2.05) is 11.3 Å². The minimum atomic E-state index is -0.0927. The molecule has 6 aromatic carbocycles. The van der Waals surface area contributed by atoms with Crippen molar-refractivity contribution in [3.63, 3.8) is 0 Å². The SMILES string of the molecule is CC(C)(C)c1ccc(N2c3cc(C(C)(C)C)ccc3B3c4c(cc(C(C)(C)C)cc42)-c2c4c(cc5sc6ccccc6c25)Oc2cc(C(C)(C)C)ccc2N34)cc1. The zero-order valence-corrected chi connectivity index (χ0v) is 36.4. The molecule has 0 unspecified atom stereocenters. The molecule has 3 nitrogen and oxygen atoms in total. The van der Waals surface area contributed by atoms with Gasteiger partial charge in [0, 0.05) is 48.9 Å². The molecular formula is C52H53BN2OS. The van der Waals surface area contributed by atoms with Crippen LogP contribution in [0.3, 0.4) is 0 Å². The number of benzene rings is 6. The van der Waals surface area contributed by atoms with Gasteiger partial charge in [0.05, 0.1) is 11.4 Å². The fourth-order valence-corrected chi connectivity index (χ4v) is 10.5. The Labute approximate surface area is 343 Å². The van der Waals surface area contributed by atoms with Crippen molar-refractivity contribution >= 4 is 77.7 Å². The summed E-state index contributed by atoms with van der Waals surface area (Å²) in [6.07, 6.45) is 0. The number of fused-ring (bicyclic) bond motifs is 10. The molecule has 0 saturated carbocycles. The summed E-state index contributed by atoms with van der Waals surface area (Å²) in [5.41, 5.74) is 16.4. The minimum Gasteiger partial charge on any atom is -0.453 e. The maximum Gasteiger partial charge on any atom is 0.333 e. The molecule has 0 spiro atoms. The van der Waals surface area contributed by atoms with E-state index in [9.17, 15) is 0 Å². The normalized spacial score (nSPS) is 14.7. The van der Waals surface area contributed by atoms with Gasteiger partial charge in [0.2, 0.25) is 0 Å². The summed E-state index contributed by atoms with van der Waals surface area (Å²) in [5.74, 6) is 1.86. The van der Waals surface area contributed by atoms with Gasteiger partial charge in [-0.15, -0.1) is 11.3 Å². The Morgan fingerprint density at radius 3 is 1.82 bits per heavy atom. The van der Waals surface area contributed by atoms with Gasteiger partial charge in [0.25, 0.3) is 0 Å². The van der Waals surface area contributed by atoms with E-state index in [1.165, 1.54) is 87.2 Å². The van der Waals surface area contributed by atoms with Gasteiger partial charge in [-0.1, -0.05) is 138 Å². The maximum absolute atomic E-state index is 7.15. The molecule has 1 aromatic heterocycles. The Morgan fingerprint density at radius 1 is 0.526 bits per heavy atom. The lowest BCUT2D eigenvalue weighted by atomic mass is 9.43. The van der Waals surface area contributed by atoms with Crippen LogP contribution in [0.25, 0.3) is 31.3 Å². The summed E-state index contributed by atoms with van der Waals surface area (Å²) in [7, 11) is 0. The van der Waals surface area contributed by atoms with Crippen molar-refractivity contribution in [2.24, 2.45) is 0 Å². The molecule has 3 aliphatic heterocycles. The summed E-state index contributed by atoms with van der Waals surface area (Å²) < 4.78 is 9.71. The quantitative estimate of drug-likeness (QED) is 0.155. The third-order valence-electron chi connectivity index (χ3n) is 12.6. The number of nitrogens with zero attached hydrogens (tertiary/aromatic N) is 2. The Kier molecular flexibility index (Phi) is 7.52. The summed E-state index contributed by atoms with van der Waals surface area (Å²) in [6, 6.07) is 39.9. The molecule has 0 radical (unpaired) electrons. The van der Waals surface area contributed by atoms with Gasteiger partial charge in [-0.3, -0.25) is 0 Å². The molecule has 0 amide bonds. The molecule has 0 saturated heterocycles. The standard InChI is InChI=1S/C52H53BN2OS/c1-49(2,3)30-17-21-34(22-18-30)54-39-26-31(50(4,5)6)19-23-37(39)53-47-36(25-33(27-40(47)54)52(10,11)12)46-45-35-15-13-14-16-43(35)57-44(45)29-42-48(46)55(53)38-24-20-32(51(7,8)9)28-41(38)56-42/h13-29H,1-12H3. The van der Waals surface area contributed by atoms with Gasteiger partial charge in [-0.05, 0) is 103 Å². The molecule has 7 aromatic rings. The van der Waals surface area contributed by atoms with E-state index < -0.39 is 0 Å². The Bertz CT molecular complexity index is 2820. The number of rotatable bonds is 1. The van der Waals surface area contributed by atoms with E-state index in [0.717, 1.165) is 17.2 Å². The third kappa shape index (κ3) is 5.44. The van der Waals surface area contributed by atoms with Crippen molar-refractivity contribution in [1.82, 2.24) is 0 Å². The highest BCUT2D eigenvalue weighted by atomic mass is 32.1. The lowest BCUT2D eigenvalue weighted by Crippen LogP contribution is -2.62. The lowest BCUT2D eigenvalue weighted by molar-refractivity contribution is 0.475. The molecule has 57 heavy (non-hydrogen) atoms. The van der Waals surface area contributed by atoms with E-state index in [4.69, 9.17) is 4.74 Å². The highest BCUT2D eigenvalue weighted by molar-refractivity contribution is 7.26. The zero-order valence-electron chi connectivity index (χ0n) is 35.6. The summed E-state index contributed by atoms with van der Waals surface area (Å²) in [5, 5.41) is 2.62. The molecule has 3 aliphatic rings. The number of hydrogen-bond acceptors (Lipinski definition) is 4. The van der Waals surface area contributed by atoms with E-state index in [1.54, 1.807) is 0 Å². The van der Waals surface area contributed by atoms with E-state index in [2.05, 4.69) is 196 Å². The summed E-state index contributed by atoms with van der Waals surface area (Å²) >= 11 is 1.87. The first-order chi connectivity index (χ1) is 26.8. The molecule has 0 N–H and O–H groups in total. The predicted molar refractivity (Wildman–Crippen MR) is 248 cm³/mol. The van der Waals surface area contributed by atoms with Gasteiger partial charge in [0.15, 0.2) is 5.75 Å². The van der Waals surface area contributed by atoms with Crippen LogP contribution >= 0.6 is 11.3 Å². The van der Waals surface area contributed by atoms with Crippen LogP contribution in [0.5, 0.6) is 11.5 Å². The van der Waals surface area contributed by atoms with Crippen molar-refractivity contribution < 1.29 is 4.74 Å². The first-order valence-electron chi connectivity index (χ1n) is 20.6. The molecule has 0 aliphatic carbocycles. The van der Waals surface area contributed by atoms with Gasteiger partial charge >= 0.3 is 6.85 Å². The van der Waals surface area contributed by atoms with Gasteiger partial charge in [0.1, 0.15) is 5.75 Å². The van der Waals surface area contributed by atoms with Crippen LogP contribution in [0.15, 0.2) is 103 Å². The molecule has 0 atom stereocenters. The average molecular weight is 765 g/mol. The fraction of sp³-hybridized carbons (Fsp3) is 0.308. The van der Waals surface area contributed by atoms with Gasteiger partial charge < -0.3 is 14.4 Å². The van der Waals surface area contributed by atoms with Crippen molar-refractivity contribution in [3.8, 4) is 22.6 Å². The van der Waals surface area contributed by atoms with E-state index in [0.29, 0.717) is 0 Å². The molecule has 286 valence electrons. The second-order valence-corrected chi connectivity index (χ2v) is 21.8. The number of hydrogen-bond donors (Lipinski definition) is 0. The molecule has 5 heteroatoms. The fourth-order valence-electron chi connectivity index (χ4n) is 9.33. The second-order valence-electron chi connectivity index (χ2n) is 20.7. The highest BCUT2D eigenvalue weighted by Crippen LogP contribution is 2.60. The molecular weight excluding hydrogens is 711 g/mol. The highest BCUT2D eigenvalue weighted by Gasteiger charge is 2.49. The summed E-state index contributed by atoms with van der Waals surface area (Å²) in [6.45, 7) is 27.7. The van der Waals surface area contributed by atoms with E-state index in [-0.39, 0.29) is 28.5 Å². The maximum atomic E-state index is 7.15. The largest absolute Gasteiger partial charge is 0.453 e. The smallest absolute Gasteiger partial charge is 0.333 e. The zero-order chi connectivity index (χ0) is 40.1. The van der Waals surface area contributed by atoms with Crippen molar-refractivity contribution in [2.45, 2.75) is 105 Å². The van der Waals surface area contributed by atoms with Gasteiger partial charge in [-0.25, -0.2) is 0 Å². The number of ether oxygens (including phenoxy) is 1. The monoisotopic (exact) mass is 764 g/mol. The van der Waals surface area contributed by atoms with Crippen LogP contribution in [0.4, 0.5) is 28.4 Å². The Hall–Kier alpha value is -5.00. The average Bonchev–Trinajstić information content (AvgIpc) is 3.51. The Balaban J connectivity index is 1.38. The Morgan fingerprint density at radius 2 is 1.14 bits per heavy atom. The van der Waals surface area contributed by atoms with Crippen LogP contribution in [-0.2, 0) is 21.7 Å². The second kappa shape index (κ2) is 11.8. The first kappa shape index (κ1) is 36.4. The third-order valence-corrected chi connectivity index (χ3v) is 13.8. The van der Waals surface area contributed by atoms with Crippen molar-refractivity contribution in [3.05, 3.63) is 125 Å². The van der Waals surface area contributed by atoms with Crippen LogP contribution in [0, 0.1) is 0 Å². The first-order valence-corrected chi connectivity index (χ1v) is 21.4. The molecule has 4 heterocycles. The predicted octanol–water partition coefficient (Wildman–Crippen LogP) is 14.1. The van der Waals surface area contributed by atoms with E-state index >= 15 is 0 Å². The lowest BCUT2D eigenvalue weighted by Gasteiger charge is -2.48. The summed E-state index contributed by atoms with van der Waals surface area (Å²) in [4.78, 5) is 5.24. The molecule has 10 rings (SSSR count). The molecule has 0 bridgehead atoms. The van der Waals surface area contributed by atoms with Crippen molar-refractivity contribution in [2.75, 3.05) is 9.71 Å². The van der Waals surface area contributed by atoms with Crippen LogP contribution in [0.2, 0.25) is 0 Å². The number of thiophene rings is 1. The topological polar surface area (TPSA) is 15.7 Å². The minimum absolute atomic E-state index is 0.0197. The number of anilines is 5. The van der Waals surface area contributed by atoms with Crippen LogP contribution in [0.1, 0.15) is 105 Å². The molecule has 0 fully saturated rings. The van der Waals surface area contributed by atoms with Crippen LogP contribution in [-0.4, -0.2) is 6.85 Å². The van der Waals surface area contributed by atoms with Crippen LogP contribution < -0.4 is 25.4 Å². The van der Waals surface area contributed by atoms with Crippen molar-refractivity contribution in [1.29, 1.82) is 0 Å².